The van der Waals surface area contributed by atoms with Crippen LogP contribution in [0.25, 0.3) is 5.69 Å². The normalized spacial score (nSPS) is 16.2. The van der Waals surface area contributed by atoms with Gasteiger partial charge in [0.25, 0.3) is 5.91 Å². The summed E-state index contributed by atoms with van der Waals surface area (Å²) >= 11 is 7.55. The topological polar surface area (TPSA) is 63.4 Å². The second-order valence-corrected chi connectivity index (χ2v) is 7.47. The van der Waals surface area contributed by atoms with Crippen molar-refractivity contribution in [2.75, 3.05) is 10.7 Å². The zero-order valence-electron chi connectivity index (χ0n) is 14.5. The number of nitrogens with zero attached hydrogens (tertiary/aromatic N) is 5. The Balaban J connectivity index is 1.70. The fourth-order valence-electron chi connectivity index (χ4n) is 2.65. The Labute approximate surface area is 165 Å². The molecule has 1 aromatic heterocycles. The Morgan fingerprint density at radius 2 is 1.93 bits per heavy atom. The third kappa shape index (κ3) is 3.74. The number of aromatic nitrogens is 3. The molecule has 0 fully saturated rings. The standard InChI is InChI=1S/C19H16ClN5OS/c1-13-12-27-19(22-13)24(15-9-7-14(20)8-10-15)18(26)17-11-21-25(23-17)16-5-3-2-4-6-16/h2-11,13H,12H2,1H3/t13-/m0/s1. The number of hydrogen-bond acceptors (Lipinski definition) is 5. The first-order valence-corrected chi connectivity index (χ1v) is 9.76. The number of anilines is 1. The van der Waals surface area contributed by atoms with E-state index in [4.69, 9.17) is 11.6 Å². The first kappa shape index (κ1) is 17.8. The average Bonchev–Trinajstić information content (AvgIpc) is 3.34. The quantitative estimate of drug-likeness (QED) is 0.668. The van der Waals surface area contributed by atoms with Gasteiger partial charge in [0.1, 0.15) is 0 Å². The number of carbonyl (C=O) groups is 1. The Bertz CT molecular complexity index is 987. The Morgan fingerprint density at radius 1 is 1.19 bits per heavy atom. The molecule has 0 saturated heterocycles. The lowest BCUT2D eigenvalue weighted by molar-refractivity contribution is 0.0998. The van der Waals surface area contributed by atoms with E-state index in [2.05, 4.69) is 15.2 Å². The third-order valence-electron chi connectivity index (χ3n) is 3.96. The van der Waals surface area contributed by atoms with Crippen LogP contribution in [0.3, 0.4) is 0 Å². The van der Waals surface area contributed by atoms with E-state index in [1.54, 1.807) is 40.9 Å². The second kappa shape index (κ2) is 7.54. The van der Waals surface area contributed by atoms with Gasteiger partial charge in [0, 0.05) is 10.8 Å². The van der Waals surface area contributed by atoms with Gasteiger partial charge in [-0.1, -0.05) is 41.6 Å². The molecule has 27 heavy (non-hydrogen) atoms. The van der Waals surface area contributed by atoms with Gasteiger partial charge in [-0.15, -0.1) is 5.10 Å². The molecule has 2 heterocycles. The van der Waals surface area contributed by atoms with Crippen molar-refractivity contribution >= 4 is 40.1 Å². The maximum Gasteiger partial charge on any atom is 0.286 e. The number of amides is 1. The van der Waals surface area contributed by atoms with Crippen LogP contribution in [0, 0.1) is 0 Å². The molecule has 2 aromatic carbocycles. The van der Waals surface area contributed by atoms with Gasteiger partial charge in [0.15, 0.2) is 10.9 Å². The van der Waals surface area contributed by atoms with Crippen molar-refractivity contribution in [1.29, 1.82) is 0 Å². The van der Waals surface area contributed by atoms with E-state index in [0.29, 0.717) is 15.9 Å². The second-order valence-electron chi connectivity index (χ2n) is 6.04. The van der Waals surface area contributed by atoms with Gasteiger partial charge in [-0.3, -0.25) is 14.7 Å². The van der Waals surface area contributed by atoms with E-state index in [0.717, 1.165) is 11.4 Å². The smallest absolute Gasteiger partial charge is 0.266 e. The molecule has 136 valence electrons. The number of halogens is 1. The van der Waals surface area contributed by atoms with Crippen LogP contribution in [-0.2, 0) is 0 Å². The van der Waals surface area contributed by atoms with Gasteiger partial charge in [0.05, 0.1) is 23.6 Å². The summed E-state index contributed by atoms with van der Waals surface area (Å²) in [5.41, 5.74) is 1.73. The van der Waals surface area contributed by atoms with Gasteiger partial charge in [-0.25, -0.2) is 0 Å². The van der Waals surface area contributed by atoms with Gasteiger partial charge >= 0.3 is 0 Å². The van der Waals surface area contributed by atoms with Gasteiger partial charge < -0.3 is 0 Å². The minimum Gasteiger partial charge on any atom is -0.266 e. The van der Waals surface area contributed by atoms with Crippen molar-refractivity contribution in [2.45, 2.75) is 13.0 Å². The van der Waals surface area contributed by atoms with Crippen LogP contribution in [0.4, 0.5) is 5.69 Å². The number of aliphatic imine (C=N–C) groups is 1. The van der Waals surface area contributed by atoms with Crippen LogP contribution >= 0.6 is 23.4 Å². The maximum atomic E-state index is 13.3. The van der Waals surface area contributed by atoms with E-state index < -0.39 is 0 Å². The molecule has 1 atom stereocenters. The Hall–Kier alpha value is -2.64. The van der Waals surface area contributed by atoms with Gasteiger partial charge in [0.2, 0.25) is 0 Å². The highest BCUT2D eigenvalue weighted by Gasteiger charge is 2.29. The molecule has 6 nitrogen and oxygen atoms in total. The van der Waals surface area contributed by atoms with E-state index in [1.165, 1.54) is 11.0 Å². The van der Waals surface area contributed by atoms with Crippen molar-refractivity contribution in [3.63, 3.8) is 0 Å². The van der Waals surface area contributed by atoms with Crippen molar-refractivity contribution in [2.24, 2.45) is 4.99 Å². The molecule has 8 heteroatoms. The van der Waals surface area contributed by atoms with E-state index in [1.807, 2.05) is 37.3 Å². The lowest BCUT2D eigenvalue weighted by atomic mass is 10.2. The summed E-state index contributed by atoms with van der Waals surface area (Å²) in [5, 5.41) is 9.85. The highest BCUT2D eigenvalue weighted by atomic mass is 35.5. The van der Waals surface area contributed by atoms with E-state index >= 15 is 0 Å². The van der Waals surface area contributed by atoms with E-state index in [-0.39, 0.29) is 17.6 Å². The summed E-state index contributed by atoms with van der Waals surface area (Å²) in [6.07, 6.45) is 1.47. The number of para-hydroxylation sites is 1. The predicted octanol–water partition coefficient (Wildman–Crippen LogP) is 4.06. The fraction of sp³-hybridized carbons (Fsp3) is 0.158. The van der Waals surface area contributed by atoms with Crippen LogP contribution in [-0.4, -0.2) is 37.9 Å². The molecular weight excluding hydrogens is 382 g/mol. The monoisotopic (exact) mass is 397 g/mol. The zero-order valence-corrected chi connectivity index (χ0v) is 16.1. The molecule has 0 spiro atoms. The molecule has 1 amide bonds. The van der Waals surface area contributed by atoms with Crippen LogP contribution in [0.2, 0.25) is 5.02 Å². The van der Waals surface area contributed by atoms with Crippen LogP contribution in [0.1, 0.15) is 17.4 Å². The maximum absolute atomic E-state index is 13.3. The lowest BCUT2D eigenvalue weighted by Gasteiger charge is -2.21. The number of carbonyl (C=O) groups excluding carboxylic acids is 1. The summed E-state index contributed by atoms with van der Waals surface area (Å²) in [6.45, 7) is 2.02. The molecule has 0 N–H and O–H groups in total. The Morgan fingerprint density at radius 3 is 2.59 bits per heavy atom. The first-order valence-electron chi connectivity index (χ1n) is 8.40. The van der Waals surface area contributed by atoms with Gasteiger partial charge in [-0.05, 0) is 43.3 Å². The van der Waals surface area contributed by atoms with Gasteiger partial charge in [-0.2, -0.15) is 9.90 Å². The molecule has 0 radical (unpaired) electrons. The predicted molar refractivity (Wildman–Crippen MR) is 109 cm³/mol. The SMILES string of the molecule is C[C@H]1CSC(N(C(=O)c2cnn(-c3ccccc3)n2)c2ccc(Cl)cc2)=N1. The molecule has 0 saturated carbocycles. The van der Waals surface area contributed by atoms with Crippen LogP contribution in [0.15, 0.2) is 65.8 Å². The van der Waals surface area contributed by atoms with Crippen molar-refractivity contribution < 1.29 is 4.79 Å². The number of thioether (sulfide) groups is 1. The lowest BCUT2D eigenvalue weighted by Crippen LogP contribution is -2.35. The molecule has 4 rings (SSSR count). The zero-order chi connectivity index (χ0) is 18.8. The van der Waals surface area contributed by atoms with Crippen LogP contribution in [0.5, 0.6) is 0 Å². The van der Waals surface area contributed by atoms with Crippen molar-refractivity contribution in [3.8, 4) is 5.69 Å². The molecule has 0 unspecified atom stereocenters. The Kier molecular flexibility index (Phi) is 4.96. The molecule has 3 aromatic rings. The molecule has 0 bridgehead atoms. The third-order valence-corrected chi connectivity index (χ3v) is 5.41. The van der Waals surface area contributed by atoms with Crippen molar-refractivity contribution in [3.05, 3.63) is 71.5 Å². The molecule has 1 aliphatic rings. The fourth-order valence-corrected chi connectivity index (χ4v) is 3.81. The minimum absolute atomic E-state index is 0.160. The molecule has 1 aliphatic heterocycles. The molecule has 0 aliphatic carbocycles. The summed E-state index contributed by atoms with van der Waals surface area (Å²) in [4.78, 5) is 20.9. The number of benzene rings is 2. The van der Waals surface area contributed by atoms with Crippen molar-refractivity contribution in [1.82, 2.24) is 15.0 Å². The summed E-state index contributed by atoms with van der Waals surface area (Å²) in [7, 11) is 0. The average molecular weight is 398 g/mol. The summed E-state index contributed by atoms with van der Waals surface area (Å²) in [6, 6.07) is 16.7. The minimum atomic E-state index is -0.278. The van der Waals surface area contributed by atoms with Crippen LogP contribution < -0.4 is 4.90 Å². The summed E-state index contributed by atoms with van der Waals surface area (Å²) < 4.78 is 0. The summed E-state index contributed by atoms with van der Waals surface area (Å²) in [5.74, 6) is 0.559. The molecular formula is C19H16ClN5OS. The highest BCUT2D eigenvalue weighted by molar-refractivity contribution is 8.14. The number of hydrogen-bond donors (Lipinski definition) is 0. The number of amidine groups is 1. The largest absolute Gasteiger partial charge is 0.286 e. The first-order chi connectivity index (χ1) is 13.1. The number of rotatable bonds is 3. The van der Waals surface area contributed by atoms with E-state index in [9.17, 15) is 4.79 Å². The highest BCUT2D eigenvalue weighted by Crippen LogP contribution is 2.28.